The quantitative estimate of drug-likeness (QED) is 0.229. The fourth-order valence-corrected chi connectivity index (χ4v) is 1.13. The van der Waals surface area contributed by atoms with Crippen LogP contribution in [0.5, 0.6) is 0 Å². The molecule has 0 radical (unpaired) electrons. The van der Waals surface area contributed by atoms with Crippen molar-refractivity contribution in [1.82, 2.24) is 10.9 Å². The second-order valence-corrected chi connectivity index (χ2v) is 3.28. The van der Waals surface area contributed by atoms with Gasteiger partial charge in [-0.25, -0.2) is 20.4 Å². The van der Waals surface area contributed by atoms with Crippen LogP contribution in [0.3, 0.4) is 0 Å². The Morgan fingerprint density at radius 2 is 1.20 bits per heavy atom. The lowest BCUT2D eigenvalue weighted by Crippen LogP contribution is -2.36. The third kappa shape index (κ3) is 5.26. The SMILES string of the molecule is NC(=Nc1ccc(N=C(N)N[N+](=O)O)cc1)N[N+](=O)O. The van der Waals surface area contributed by atoms with Crippen LogP contribution in [0.1, 0.15) is 0 Å². The third-order valence-corrected chi connectivity index (χ3v) is 1.77. The molecule has 0 aromatic heterocycles. The van der Waals surface area contributed by atoms with E-state index in [0.717, 1.165) is 0 Å². The first-order chi connectivity index (χ1) is 9.36. The van der Waals surface area contributed by atoms with E-state index >= 15 is 0 Å². The highest BCUT2D eigenvalue weighted by molar-refractivity contribution is 5.81. The van der Waals surface area contributed by atoms with Crippen LogP contribution in [0.2, 0.25) is 0 Å². The van der Waals surface area contributed by atoms with Crippen molar-refractivity contribution in [2.45, 2.75) is 0 Å². The predicted molar refractivity (Wildman–Crippen MR) is 66.1 cm³/mol. The maximum atomic E-state index is 10.2. The molecule has 0 heterocycles. The Kier molecular flexibility index (Phi) is 4.74. The van der Waals surface area contributed by atoms with Gasteiger partial charge in [-0.2, -0.15) is 0 Å². The van der Waals surface area contributed by atoms with Gasteiger partial charge in [0.1, 0.15) is 9.81 Å². The molecule has 0 aliphatic carbocycles. The molecule has 0 aliphatic rings. The fraction of sp³-hybridized carbons (Fsp3) is 0. The first kappa shape index (κ1) is 14.6. The molecular weight excluding hydrogens is 272 g/mol. The van der Waals surface area contributed by atoms with Gasteiger partial charge in [-0.05, 0) is 35.1 Å². The number of nitrogens with zero attached hydrogens (tertiary/aromatic N) is 4. The summed E-state index contributed by atoms with van der Waals surface area (Å²) in [5.74, 6) is -0.635. The lowest BCUT2D eigenvalue weighted by atomic mass is 10.3. The minimum atomic E-state index is -0.590. The van der Waals surface area contributed by atoms with Crippen molar-refractivity contribution in [3.8, 4) is 0 Å². The van der Waals surface area contributed by atoms with Gasteiger partial charge in [0.2, 0.25) is 0 Å². The second-order valence-electron chi connectivity index (χ2n) is 3.28. The smallest absolute Gasteiger partial charge is 0.362 e. The van der Waals surface area contributed by atoms with Gasteiger partial charge < -0.3 is 11.5 Å². The summed E-state index contributed by atoms with van der Waals surface area (Å²) < 4.78 is 0. The average Bonchev–Trinajstić information content (AvgIpc) is 2.29. The Morgan fingerprint density at radius 3 is 1.45 bits per heavy atom. The summed E-state index contributed by atoms with van der Waals surface area (Å²) in [7, 11) is 0. The highest BCUT2D eigenvalue weighted by Crippen LogP contribution is 2.18. The Labute approximate surface area is 111 Å². The minimum Gasteiger partial charge on any atom is -0.365 e. The van der Waals surface area contributed by atoms with Crippen LogP contribution in [-0.4, -0.2) is 32.4 Å². The summed E-state index contributed by atoms with van der Waals surface area (Å²) in [6.07, 6.45) is 0. The number of rotatable bonds is 4. The van der Waals surface area contributed by atoms with Gasteiger partial charge in [-0.3, -0.25) is 0 Å². The van der Waals surface area contributed by atoms with Crippen LogP contribution in [0, 0.1) is 9.81 Å². The normalized spacial score (nSPS) is 11.8. The summed E-state index contributed by atoms with van der Waals surface area (Å²) in [6.45, 7) is 0. The lowest BCUT2D eigenvalue weighted by molar-refractivity contribution is -0.822. The standard InChI is InChI=1S/C8H12N8O4/c9-7(13-15(17)18)11-5-1-2-6(4-3-5)12-8(10)14-16(19)20/h1-4H,(H,17,18)(H,19,20)(H3,9,11,13)(H3,10,12,14)/q+2. The number of guanidine groups is 2. The molecule has 0 fully saturated rings. The van der Waals surface area contributed by atoms with E-state index in [1.807, 2.05) is 0 Å². The van der Waals surface area contributed by atoms with Crippen molar-refractivity contribution in [3.05, 3.63) is 34.1 Å². The van der Waals surface area contributed by atoms with Gasteiger partial charge in [0, 0.05) is 0 Å². The summed E-state index contributed by atoms with van der Waals surface area (Å²) in [5.41, 5.74) is 14.9. The Hall–Kier alpha value is -3.44. The molecule has 1 rings (SSSR count). The van der Waals surface area contributed by atoms with E-state index in [2.05, 4.69) is 9.98 Å². The summed E-state index contributed by atoms with van der Waals surface area (Å²) in [5, 5.41) is 15.5. The van der Waals surface area contributed by atoms with Crippen molar-refractivity contribution >= 4 is 23.3 Å². The Morgan fingerprint density at radius 1 is 0.900 bits per heavy atom. The van der Waals surface area contributed by atoms with Gasteiger partial charge in [0.15, 0.2) is 0 Å². The molecule has 0 saturated carbocycles. The van der Waals surface area contributed by atoms with Crippen LogP contribution in [0.4, 0.5) is 11.4 Å². The molecule has 1 aromatic carbocycles. The van der Waals surface area contributed by atoms with E-state index in [-0.39, 0.29) is 11.9 Å². The van der Waals surface area contributed by atoms with E-state index < -0.39 is 10.1 Å². The van der Waals surface area contributed by atoms with Gasteiger partial charge in [0.05, 0.1) is 11.4 Å². The van der Waals surface area contributed by atoms with E-state index in [1.165, 1.54) is 24.3 Å². The van der Waals surface area contributed by atoms with Crippen LogP contribution < -0.4 is 22.3 Å². The van der Waals surface area contributed by atoms with E-state index in [0.29, 0.717) is 11.4 Å². The minimum absolute atomic E-state index is 0.317. The maximum Gasteiger partial charge on any atom is 0.362 e. The number of nitrogens with two attached hydrogens (primary N) is 2. The predicted octanol–water partition coefficient (Wildman–Crippen LogP) is -1.08. The van der Waals surface area contributed by atoms with Gasteiger partial charge in [0.25, 0.3) is 11.9 Å². The van der Waals surface area contributed by atoms with Crippen LogP contribution >= 0.6 is 0 Å². The molecule has 12 heteroatoms. The zero-order valence-corrected chi connectivity index (χ0v) is 9.96. The average molecular weight is 284 g/mol. The zero-order chi connectivity index (χ0) is 15.1. The molecule has 20 heavy (non-hydrogen) atoms. The largest absolute Gasteiger partial charge is 0.365 e. The maximum absolute atomic E-state index is 10.2. The topological polar surface area (TPSA) is 181 Å². The first-order valence-electron chi connectivity index (χ1n) is 5.01. The molecule has 0 saturated heterocycles. The molecule has 0 atom stereocenters. The second kappa shape index (κ2) is 6.48. The van der Waals surface area contributed by atoms with E-state index in [9.17, 15) is 9.81 Å². The lowest BCUT2D eigenvalue weighted by Gasteiger charge is -1.97. The highest BCUT2D eigenvalue weighted by atomic mass is 16.7. The van der Waals surface area contributed by atoms with Crippen molar-refractivity contribution in [1.29, 1.82) is 0 Å². The van der Waals surface area contributed by atoms with Gasteiger partial charge in [-0.1, -0.05) is 0 Å². The number of hydrogen-bond acceptors (Lipinski definition) is 4. The molecule has 12 nitrogen and oxygen atoms in total. The fourth-order valence-electron chi connectivity index (χ4n) is 1.13. The Balaban J connectivity index is 2.79. The number of nitrogens with one attached hydrogen (secondary N) is 2. The molecule has 1 aromatic rings. The van der Waals surface area contributed by atoms with E-state index in [4.69, 9.17) is 21.9 Å². The first-order valence-corrected chi connectivity index (χ1v) is 5.01. The monoisotopic (exact) mass is 284 g/mol. The summed E-state index contributed by atoms with van der Waals surface area (Å²) in [6, 6.07) is 5.95. The molecule has 8 N–H and O–H groups in total. The van der Waals surface area contributed by atoms with Crippen molar-refractivity contribution < 1.29 is 20.5 Å². The molecule has 0 bridgehead atoms. The molecular formula is C8H12N8O4+2. The molecule has 0 unspecified atom stereocenters. The summed E-state index contributed by atoms with van der Waals surface area (Å²) in [4.78, 5) is 28.0. The number of benzene rings is 1. The van der Waals surface area contributed by atoms with E-state index in [1.54, 1.807) is 10.9 Å². The van der Waals surface area contributed by atoms with Crippen LogP contribution in [0.25, 0.3) is 0 Å². The van der Waals surface area contributed by atoms with Crippen molar-refractivity contribution in [2.24, 2.45) is 21.5 Å². The zero-order valence-electron chi connectivity index (χ0n) is 9.96. The van der Waals surface area contributed by atoms with Crippen LogP contribution in [0.15, 0.2) is 34.3 Å². The molecule has 0 aliphatic heterocycles. The number of hydrazine groups is 2. The number of hydrogen-bond donors (Lipinski definition) is 6. The number of aliphatic imine (C=N–C) groups is 2. The molecule has 0 amide bonds. The van der Waals surface area contributed by atoms with Gasteiger partial charge in [-0.15, -0.1) is 0 Å². The van der Waals surface area contributed by atoms with Crippen LogP contribution in [-0.2, 0) is 0 Å². The highest BCUT2D eigenvalue weighted by Gasteiger charge is 2.06. The third-order valence-electron chi connectivity index (χ3n) is 1.77. The van der Waals surface area contributed by atoms with Gasteiger partial charge >= 0.3 is 10.1 Å². The molecule has 0 spiro atoms. The van der Waals surface area contributed by atoms with Crippen molar-refractivity contribution in [2.75, 3.05) is 0 Å². The Bertz CT molecular complexity index is 515. The molecule has 106 valence electrons. The van der Waals surface area contributed by atoms with Crippen molar-refractivity contribution in [3.63, 3.8) is 0 Å². The summed E-state index contributed by atoms with van der Waals surface area (Å²) >= 11 is 0.